The van der Waals surface area contributed by atoms with E-state index in [1.165, 1.54) is 5.69 Å². The van der Waals surface area contributed by atoms with Crippen LogP contribution in [0.15, 0.2) is 48.7 Å². The Morgan fingerprint density at radius 2 is 1.89 bits per heavy atom. The van der Waals surface area contributed by atoms with E-state index < -0.39 is 0 Å². The first-order valence-corrected chi connectivity index (χ1v) is 6.08. The molecule has 4 heteroatoms. The molecule has 0 bridgehead atoms. The molecule has 0 radical (unpaired) electrons. The van der Waals surface area contributed by atoms with Crippen molar-refractivity contribution in [2.24, 2.45) is 0 Å². The number of para-hydroxylation sites is 1. The first-order valence-electron chi connectivity index (χ1n) is 6.08. The van der Waals surface area contributed by atoms with Crippen LogP contribution in [0.25, 0.3) is 0 Å². The first-order chi connectivity index (χ1) is 8.83. The van der Waals surface area contributed by atoms with Crippen molar-refractivity contribution >= 4 is 11.7 Å². The summed E-state index contributed by atoms with van der Waals surface area (Å²) >= 11 is 0. The highest BCUT2D eigenvalue weighted by Gasteiger charge is 2.19. The zero-order valence-corrected chi connectivity index (χ0v) is 10.0. The summed E-state index contributed by atoms with van der Waals surface area (Å²) in [5, 5.41) is 2.91. The molecule has 0 unspecified atom stereocenters. The number of aromatic nitrogens is 1. The summed E-state index contributed by atoms with van der Waals surface area (Å²) < 4.78 is 2.19. The lowest BCUT2D eigenvalue weighted by Gasteiger charge is -2.28. The Kier molecular flexibility index (Phi) is 2.76. The Morgan fingerprint density at radius 1 is 1.06 bits per heavy atom. The number of hydrogen-bond donors (Lipinski definition) is 1. The van der Waals surface area contributed by atoms with Crippen molar-refractivity contribution in [1.82, 2.24) is 9.47 Å². The number of nitrogens with zero attached hydrogens (tertiary/aromatic N) is 2. The van der Waals surface area contributed by atoms with E-state index in [9.17, 15) is 4.79 Å². The minimum atomic E-state index is -0.0337. The van der Waals surface area contributed by atoms with Crippen LogP contribution in [0.2, 0.25) is 0 Å². The Bertz CT molecular complexity index is 547. The van der Waals surface area contributed by atoms with E-state index >= 15 is 0 Å². The Labute approximate surface area is 106 Å². The Hall–Kier alpha value is -2.23. The van der Waals surface area contributed by atoms with E-state index in [-0.39, 0.29) is 6.03 Å². The number of nitrogens with one attached hydrogen (secondary N) is 1. The molecular formula is C14H15N3O. The molecule has 0 saturated carbocycles. The van der Waals surface area contributed by atoms with Gasteiger partial charge in [-0.05, 0) is 24.3 Å². The standard InChI is InChI=1S/C14H15N3O/c18-14(15-12-5-2-1-3-6-12)17-10-9-16-8-4-7-13(16)11-17/h1-8H,9-11H2,(H,15,18). The molecule has 1 N–H and O–H groups in total. The van der Waals surface area contributed by atoms with Crippen LogP contribution in [-0.2, 0) is 13.1 Å². The molecule has 0 aliphatic carbocycles. The summed E-state index contributed by atoms with van der Waals surface area (Å²) in [7, 11) is 0. The quantitative estimate of drug-likeness (QED) is 0.818. The molecule has 0 atom stereocenters. The van der Waals surface area contributed by atoms with Gasteiger partial charge in [-0.1, -0.05) is 18.2 Å². The average Bonchev–Trinajstić information content (AvgIpc) is 2.87. The molecule has 0 spiro atoms. The van der Waals surface area contributed by atoms with Gasteiger partial charge in [-0.15, -0.1) is 0 Å². The van der Waals surface area contributed by atoms with Crippen molar-refractivity contribution in [2.45, 2.75) is 13.1 Å². The normalized spacial score (nSPS) is 14.1. The van der Waals surface area contributed by atoms with E-state index in [0.717, 1.165) is 18.8 Å². The number of amides is 2. The van der Waals surface area contributed by atoms with Crippen molar-refractivity contribution < 1.29 is 4.79 Å². The lowest BCUT2D eigenvalue weighted by molar-refractivity contribution is 0.197. The molecule has 92 valence electrons. The van der Waals surface area contributed by atoms with Crippen molar-refractivity contribution in [3.05, 3.63) is 54.4 Å². The number of carbonyl (C=O) groups excluding carboxylic acids is 1. The van der Waals surface area contributed by atoms with Crippen molar-refractivity contribution in [3.63, 3.8) is 0 Å². The molecule has 2 amide bonds. The van der Waals surface area contributed by atoms with E-state index in [4.69, 9.17) is 0 Å². The molecule has 0 saturated heterocycles. The van der Waals surface area contributed by atoms with Gasteiger partial charge in [-0.25, -0.2) is 4.79 Å². The number of carbonyl (C=O) groups is 1. The van der Waals surface area contributed by atoms with E-state index in [1.807, 2.05) is 41.3 Å². The van der Waals surface area contributed by atoms with Gasteiger partial charge in [0.25, 0.3) is 0 Å². The van der Waals surface area contributed by atoms with Crippen LogP contribution >= 0.6 is 0 Å². The third-order valence-electron chi connectivity index (χ3n) is 3.20. The largest absolute Gasteiger partial charge is 0.348 e. The monoisotopic (exact) mass is 241 g/mol. The van der Waals surface area contributed by atoms with Crippen LogP contribution in [0.5, 0.6) is 0 Å². The summed E-state index contributed by atoms with van der Waals surface area (Å²) in [6, 6.07) is 13.6. The average molecular weight is 241 g/mol. The van der Waals surface area contributed by atoms with Gasteiger partial charge in [0.2, 0.25) is 0 Å². The number of anilines is 1. The smallest absolute Gasteiger partial charge is 0.322 e. The summed E-state index contributed by atoms with van der Waals surface area (Å²) in [5.41, 5.74) is 2.02. The molecule has 18 heavy (non-hydrogen) atoms. The Balaban J connectivity index is 1.68. The van der Waals surface area contributed by atoms with Gasteiger partial charge in [-0.2, -0.15) is 0 Å². The number of hydrogen-bond acceptors (Lipinski definition) is 1. The fourth-order valence-electron chi connectivity index (χ4n) is 2.21. The minimum Gasteiger partial charge on any atom is -0.348 e. The van der Waals surface area contributed by atoms with E-state index in [2.05, 4.69) is 22.1 Å². The van der Waals surface area contributed by atoms with Gasteiger partial charge in [0.05, 0.1) is 6.54 Å². The van der Waals surface area contributed by atoms with Crippen LogP contribution in [-0.4, -0.2) is 22.0 Å². The highest BCUT2D eigenvalue weighted by Crippen LogP contribution is 2.14. The number of rotatable bonds is 1. The maximum absolute atomic E-state index is 12.1. The van der Waals surface area contributed by atoms with Gasteiger partial charge in [0, 0.05) is 30.7 Å². The molecule has 2 heterocycles. The van der Waals surface area contributed by atoms with Gasteiger partial charge in [0.1, 0.15) is 0 Å². The number of urea groups is 1. The summed E-state index contributed by atoms with van der Waals surface area (Å²) in [5.74, 6) is 0. The minimum absolute atomic E-state index is 0.0337. The van der Waals surface area contributed by atoms with Crippen LogP contribution < -0.4 is 5.32 Å². The third-order valence-corrected chi connectivity index (χ3v) is 3.20. The summed E-state index contributed by atoms with van der Waals surface area (Å²) in [6.07, 6.45) is 2.06. The second-order valence-corrected chi connectivity index (χ2v) is 4.41. The van der Waals surface area contributed by atoms with Crippen molar-refractivity contribution in [1.29, 1.82) is 0 Å². The van der Waals surface area contributed by atoms with Crippen LogP contribution in [0.4, 0.5) is 10.5 Å². The van der Waals surface area contributed by atoms with Crippen LogP contribution in [0.3, 0.4) is 0 Å². The van der Waals surface area contributed by atoms with Crippen molar-refractivity contribution in [2.75, 3.05) is 11.9 Å². The molecule has 4 nitrogen and oxygen atoms in total. The second kappa shape index (κ2) is 4.56. The van der Waals surface area contributed by atoms with Gasteiger partial charge in [-0.3, -0.25) is 0 Å². The predicted octanol–water partition coefficient (Wildman–Crippen LogP) is 2.54. The molecule has 2 aromatic rings. The molecular weight excluding hydrogens is 226 g/mol. The SMILES string of the molecule is O=C(Nc1ccccc1)N1CCn2cccc2C1. The van der Waals surface area contributed by atoms with Gasteiger partial charge >= 0.3 is 6.03 Å². The predicted molar refractivity (Wildman–Crippen MR) is 70.3 cm³/mol. The van der Waals surface area contributed by atoms with Crippen LogP contribution in [0.1, 0.15) is 5.69 Å². The zero-order chi connectivity index (χ0) is 12.4. The lowest BCUT2D eigenvalue weighted by Crippen LogP contribution is -2.40. The summed E-state index contributed by atoms with van der Waals surface area (Å²) in [4.78, 5) is 13.9. The fourth-order valence-corrected chi connectivity index (χ4v) is 2.21. The number of fused-ring (bicyclic) bond motifs is 1. The first kappa shape index (κ1) is 10.9. The highest BCUT2D eigenvalue weighted by atomic mass is 16.2. The molecule has 1 aliphatic rings. The number of benzene rings is 1. The molecule has 1 aromatic heterocycles. The lowest BCUT2D eigenvalue weighted by atomic mass is 10.3. The van der Waals surface area contributed by atoms with Crippen molar-refractivity contribution in [3.8, 4) is 0 Å². The fraction of sp³-hybridized carbons (Fsp3) is 0.214. The maximum atomic E-state index is 12.1. The topological polar surface area (TPSA) is 37.3 Å². The highest BCUT2D eigenvalue weighted by molar-refractivity contribution is 5.89. The van der Waals surface area contributed by atoms with Gasteiger partial charge < -0.3 is 14.8 Å². The molecule has 1 aliphatic heterocycles. The van der Waals surface area contributed by atoms with E-state index in [0.29, 0.717) is 6.54 Å². The third kappa shape index (κ3) is 2.09. The maximum Gasteiger partial charge on any atom is 0.322 e. The molecule has 0 fully saturated rings. The summed E-state index contributed by atoms with van der Waals surface area (Å²) in [6.45, 7) is 2.29. The zero-order valence-electron chi connectivity index (χ0n) is 10.0. The molecule has 1 aromatic carbocycles. The Morgan fingerprint density at radius 3 is 2.72 bits per heavy atom. The van der Waals surface area contributed by atoms with Gasteiger partial charge in [0.15, 0.2) is 0 Å². The molecule has 3 rings (SSSR count). The second-order valence-electron chi connectivity index (χ2n) is 4.41. The van der Waals surface area contributed by atoms with E-state index in [1.54, 1.807) is 0 Å². The van der Waals surface area contributed by atoms with Crippen LogP contribution in [0, 0.1) is 0 Å².